The number of hydrogen-bond acceptors (Lipinski definition) is 5. The van der Waals surface area contributed by atoms with Crippen molar-refractivity contribution in [2.75, 3.05) is 7.11 Å². The third-order valence-corrected chi connectivity index (χ3v) is 3.35. The quantitative estimate of drug-likeness (QED) is 0.510. The molecule has 1 N–H and O–H groups in total. The van der Waals surface area contributed by atoms with Gasteiger partial charge in [-0.1, -0.05) is 6.08 Å². The second kappa shape index (κ2) is 4.47. The molecule has 1 aliphatic carbocycles. The van der Waals surface area contributed by atoms with E-state index in [1.54, 1.807) is 19.1 Å². The number of nitro groups is 1. The molecular weight excluding hydrogens is 250 g/mol. The second-order valence-electron chi connectivity index (χ2n) is 4.47. The van der Waals surface area contributed by atoms with Gasteiger partial charge in [0.1, 0.15) is 5.60 Å². The normalized spacial score (nSPS) is 20.7. The lowest BCUT2D eigenvalue weighted by Crippen LogP contribution is -2.29. The van der Waals surface area contributed by atoms with Gasteiger partial charge in [-0.25, -0.2) is 0 Å². The van der Waals surface area contributed by atoms with Crippen molar-refractivity contribution < 1.29 is 19.6 Å². The average molecular weight is 263 g/mol. The number of non-ortho nitro benzene ring substituents is 1. The Bertz CT molecular complexity index is 593. The van der Waals surface area contributed by atoms with Crippen LogP contribution in [0.5, 0.6) is 0 Å². The Morgan fingerprint density at radius 3 is 2.79 bits per heavy atom. The first-order valence-electron chi connectivity index (χ1n) is 5.65. The van der Waals surface area contributed by atoms with Gasteiger partial charge in [0, 0.05) is 17.7 Å². The molecule has 19 heavy (non-hydrogen) atoms. The molecule has 1 unspecified atom stereocenters. The summed E-state index contributed by atoms with van der Waals surface area (Å²) in [5, 5.41) is 21.4. The Morgan fingerprint density at radius 1 is 1.53 bits per heavy atom. The lowest BCUT2D eigenvalue weighted by Gasteiger charge is -2.25. The predicted molar refractivity (Wildman–Crippen MR) is 67.3 cm³/mol. The molecule has 0 fully saturated rings. The number of esters is 1. The summed E-state index contributed by atoms with van der Waals surface area (Å²) in [5.41, 5.74) is -0.0494. The molecule has 100 valence electrons. The first kappa shape index (κ1) is 13.2. The van der Waals surface area contributed by atoms with Gasteiger partial charge in [-0.3, -0.25) is 14.9 Å². The fourth-order valence-corrected chi connectivity index (χ4v) is 2.22. The van der Waals surface area contributed by atoms with E-state index in [9.17, 15) is 20.0 Å². The van der Waals surface area contributed by atoms with Gasteiger partial charge >= 0.3 is 5.97 Å². The fourth-order valence-electron chi connectivity index (χ4n) is 2.22. The van der Waals surface area contributed by atoms with Gasteiger partial charge in [-0.05, 0) is 24.1 Å². The molecule has 0 spiro atoms. The highest BCUT2D eigenvalue weighted by Gasteiger charge is 2.40. The van der Waals surface area contributed by atoms with Gasteiger partial charge in [0.2, 0.25) is 0 Å². The average Bonchev–Trinajstić information content (AvgIpc) is 2.61. The van der Waals surface area contributed by atoms with Gasteiger partial charge in [-0.2, -0.15) is 0 Å². The summed E-state index contributed by atoms with van der Waals surface area (Å²) in [6.45, 7) is 1.68. The maximum Gasteiger partial charge on any atom is 0.309 e. The number of fused-ring (bicyclic) bond motifs is 1. The van der Waals surface area contributed by atoms with Crippen molar-refractivity contribution >= 4 is 17.7 Å². The second-order valence-corrected chi connectivity index (χ2v) is 4.47. The van der Waals surface area contributed by atoms with Gasteiger partial charge in [0.25, 0.3) is 5.69 Å². The summed E-state index contributed by atoms with van der Waals surface area (Å²) in [7, 11) is 1.23. The van der Waals surface area contributed by atoms with E-state index in [0.717, 1.165) is 0 Å². The van der Waals surface area contributed by atoms with Crippen LogP contribution < -0.4 is 0 Å². The lowest BCUT2D eigenvalue weighted by molar-refractivity contribution is -0.385. The Morgan fingerprint density at radius 2 is 2.21 bits per heavy atom. The van der Waals surface area contributed by atoms with Gasteiger partial charge in [0.15, 0.2) is 0 Å². The van der Waals surface area contributed by atoms with Crippen molar-refractivity contribution in [3.8, 4) is 0 Å². The zero-order valence-corrected chi connectivity index (χ0v) is 10.5. The number of benzene rings is 1. The highest BCUT2D eigenvalue weighted by Crippen LogP contribution is 2.43. The molecule has 6 nitrogen and oxygen atoms in total. The van der Waals surface area contributed by atoms with Crippen molar-refractivity contribution in [2.45, 2.75) is 18.9 Å². The molecule has 0 radical (unpaired) electrons. The molecule has 1 aromatic carbocycles. The van der Waals surface area contributed by atoms with E-state index in [1.807, 2.05) is 0 Å². The monoisotopic (exact) mass is 263 g/mol. The van der Waals surface area contributed by atoms with Crippen LogP contribution >= 0.6 is 0 Å². The minimum Gasteiger partial charge on any atom is -0.469 e. The van der Waals surface area contributed by atoms with Crippen LogP contribution in [0, 0.1) is 10.1 Å². The summed E-state index contributed by atoms with van der Waals surface area (Å²) in [5.74, 6) is -0.574. The van der Waals surface area contributed by atoms with Crippen LogP contribution in [0.3, 0.4) is 0 Å². The van der Waals surface area contributed by atoms with Crippen LogP contribution in [0.15, 0.2) is 23.8 Å². The molecule has 0 amide bonds. The first-order chi connectivity index (χ1) is 8.88. The number of ether oxygens (including phenoxy) is 1. The molecule has 2 rings (SSSR count). The van der Waals surface area contributed by atoms with E-state index >= 15 is 0 Å². The van der Waals surface area contributed by atoms with E-state index < -0.39 is 16.5 Å². The molecule has 1 atom stereocenters. The van der Waals surface area contributed by atoms with Crippen LogP contribution in [0.2, 0.25) is 0 Å². The summed E-state index contributed by atoms with van der Waals surface area (Å²) in [6, 6.07) is 4.23. The molecule has 0 aliphatic heterocycles. The topological polar surface area (TPSA) is 89.7 Å². The molecule has 0 saturated carbocycles. The number of carbonyl (C=O) groups excluding carboxylic acids is 1. The van der Waals surface area contributed by atoms with E-state index in [2.05, 4.69) is 4.74 Å². The van der Waals surface area contributed by atoms with Gasteiger partial charge < -0.3 is 9.84 Å². The minimum absolute atomic E-state index is 0.120. The zero-order chi connectivity index (χ0) is 14.2. The number of carbonyl (C=O) groups is 1. The molecule has 1 aliphatic rings. The Labute approximate surface area is 109 Å². The number of nitro benzene ring substituents is 1. The maximum absolute atomic E-state index is 11.4. The number of aliphatic hydroxyl groups is 1. The van der Waals surface area contributed by atoms with Crippen LogP contribution in [0.25, 0.3) is 6.08 Å². The summed E-state index contributed by atoms with van der Waals surface area (Å²) in [6.07, 6.45) is 1.45. The maximum atomic E-state index is 11.4. The number of methoxy groups -OCH3 is 1. The molecule has 0 saturated heterocycles. The van der Waals surface area contributed by atoms with Crippen molar-refractivity contribution in [3.05, 3.63) is 45.0 Å². The molecular formula is C13H13NO5. The lowest BCUT2D eigenvalue weighted by atomic mass is 9.87. The van der Waals surface area contributed by atoms with Crippen molar-refractivity contribution in [3.63, 3.8) is 0 Å². The van der Waals surface area contributed by atoms with E-state index in [4.69, 9.17) is 0 Å². The van der Waals surface area contributed by atoms with Gasteiger partial charge in [0.05, 0.1) is 18.5 Å². The summed E-state index contributed by atoms with van der Waals surface area (Å²) >= 11 is 0. The number of hydrogen-bond donors (Lipinski definition) is 1. The van der Waals surface area contributed by atoms with Crippen molar-refractivity contribution in [1.29, 1.82) is 0 Å². The summed E-state index contributed by atoms with van der Waals surface area (Å²) < 4.78 is 4.56. The van der Waals surface area contributed by atoms with E-state index in [0.29, 0.717) is 16.7 Å². The van der Waals surface area contributed by atoms with Crippen molar-refractivity contribution in [2.24, 2.45) is 0 Å². The number of rotatable bonds is 3. The Kier molecular flexibility index (Phi) is 3.11. The molecule has 0 aromatic heterocycles. The smallest absolute Gasteiger partial charge is 0.309 e. The van der Waals surface area contributed by atoms with E-state index in [1.165, 1.54) is 19.2 Å². The SMILES string of the molecule is COC(=O)CC1(O)C(C)=Cc2ccc([N+](=O)[O-])cc21. The van der Waals surface area contributed by atoms with Crippen LogP contribution in [-0.2, 0) is 15.1 Å². The standard InChI is InChI=1S/C13H13NO5/c1-8-5-9-3-4-10(14(17)18)6-11(9)13(8,16)7-12(15)19-2/h3-6,16H,7H2,1-2H3. The van der Waals surface area contributed by atoms with Crippen LogP contribution in [0.1, 0.15) is 24.5 Å². The highest BCUT2D eigenvalue weighted by atomic mass is 16.6. The molecule has 6 heteroatoms. The highest BCUT2D eigenvalue weighted by molar-refractivity contribution is 5.77. The van der Waals surface area contributed by atoms with Crippen LogP contribution in [-0.4, -0.2) is 23.1 Å². The molecule has 1 aromatic rings. The Balaban J connectivity index is 2.50. The summed E-state index contributed by atoms with van der Waals surface area (Å²) in [4.78, 5) is 21.7. The Hall–Kier alpha value is -2.21. The first-order valence-corrected chi connectivity index (χ1v) is 5.65. The molecule has 0 heterocycles. The minimum atomic E-state index is -1.53. The fraction of sp³-hybridized carbons (Fsp3) is 0.308. The van der Waals surface area contributed by atoms with E-state index in [-0.39, 0.29) is 12.1 Å². The third kappa shape index (κ3) is 2.10. The third-order valence-electron chi connectivity index (χ3n) is 3.35. The largest absolute Gasteiger partial charge is 0.469 e. The number of nitrogens with zero attached hydrogens (tertiary/aromatic N) is 1. The van der Waals surface area contributed by atoms with Crippen molar-refractivity contribution in [1.82, 2.24) is 0 Å². The van der Waals surface area contributed by atoms with Gasteiger partial charge in [-0.15, -0.1) is 0 Å². The zero-order valence-electron chi connectivity index (χ0n) is 10.5. The van der Waals surface area contributed by atoms with Crippen LogP contribution in [0.4, 0.5) is 5.69 Å². The predicted octanol–water partition coefficient (Wildman–Crippen LogP) is 1.76. The molecule has 0 bridgehead atoms.